The number of nitrogens with zero attached hydrogens (tertiary/aromatic N) is 1. The van der Waals surface area contributed by atoms with Crippen LogP contribution in [0, 0.1) is 11.8 Å². The summed E-state index contributed by atoms with van der Waals surface area (Å²) in [5.41, 5.74) is 10.8. The molecule has 4 heteroatoms. The molecular weight excluding hydrogens is 214 g/mol. The lowest BCUT2D eigenvalue weighted by molar-refractivity contribution is -0.119. The van der Waals surface area contributed by atoms with E-state index >= 15 is 0 Å². The Morgan fingerprint density at radius 3 is 2.65 bits per heavy atom. The highest BCUT2D eigenvalue weighted by molar-refractivity contribution is 5.79. The summed E-state index contributed by atoms with van der Waals surface area (Å²) in [6.07, 6.45) is 4.54. The largest absolute Gasteiger partial charge is 0.368 e. The van der Waals surface area contributed by atoms with Gasteiger partial charge in [0.15, 0.2) is 0 Å². The van der Waals surface area contributed by atoms with Crippen molar-refractivity contribution >= 4 is 5.91 Å². The van der Waals surface area contributed by atoms with Crippen LogP contribution in [-0.2, 0) is 4.79 Å². The number of amides is 1. The maximum absolute atomic E-state index is 10.9. The van der Waals surface area contributed by atoms with Crippen molar-refractivity contribution in [2.24, 2.45) is 23.3 Å². The molecule has 1 saturated heterocycles. The molecule has 1 amide bonds. The fourth-order valence-corrected chi connectivity index (χ4v) is 2.54. The van der Waals surface area contributed by atoms with Crippen LogP contribution in [0.3, 0.4) is 0 Å². The van der Waals surface area contributed by atoms with E-state index in [1.165, 1.54) is 19.3 Å². The van der Waals surface area contributed by atoms with Crippen molar-refractivity contribution in [3.05, 3.63) is 0 Å². The number of hydrogen-bond acceptors (Lipinski definition) is 3. The van der Waals surface area contributed by atoms with E-state index in [2.05, 4.69) is 18.7 Å². The zero-order chi connectivity index (χ0) is 12.8. The molecule has 0 aromatic rings. The molecule has 0 spiro atoms. The second-order valence-corrected chi connectivity index (χ2v) is 5.57. The first kappa shape index (κ1) is 14.5. The second-order valence-electron chi connectivity index (χ2n) is 5.57. The molecule has 1 fully saturated rings. The molecule has 1 aliphatic heterocycles. The Kier molecular flexibility index (Phi) is 5.92. The van der Waals surface area contributed by atoms with E-state index in [1.807, 2.05) is 0 Å². The molecule has 1 aliphatic rings. The Labute approximate surface area is 105 Å². The van der Waals surface area contributed by atoms with Crippen LogP contribution in [0.1, 0.15) is 39.5 Å². The van der Waals surface area contributed by atoms with Crippen LogP contribution >= 0.6 is 0 Å². The third-order valence-electron chi connectivity index (χ3n) is 3.93. The first-order valence-electron chi connectivity index (χ1n) is 6.78. The van der Waals surface area contributed by atoms with Gasteiger partial charge in [0.1, 0.15) is 0 Å². The first-order valence-corrected chi connectivity index (χ1v) is 6.78. The highest BCUT2D eigenvalue weighted by atomic mass is 16.1. The summed E-state index contributed by atoms with van der Waals surface area (Å²) in [6, 6.07) is -0.487. The Hall–Kier alpha value is -0.610. The van der Waals surface area contributed by atoms with Gasteiger partial charge in [-0.25, -0.2) is 0 Å². The van der Waals surface area contributed by atoms with E-state index in [0.717, 1.165) is 31.5 Å². The predicted octanol–water partition coefficient (Wildman–Crippen LogP) is 0.947. The summed E-state index contributed by atoms with van der Waals surface area (Å²) in [4.78, 5) is 13.3. The van der Waals surface area contributed by atoms with Gasteiger partial charge in [0.05, 0.1) is 6.04 Å². The maximum Gasteiger partial charge on any atom is 0.234 e. The number of hydrogen-bond donors (Lipinski definition) is 2. The van der Waals surface area contributed by atoms with Gasteiger partial charge in [-0.2, -0.15) is 0 Å². The monoisotopic (exact) mass is 241 g/mol. The summed E-state index contributed by atoms with van der Waals surface area (Å²) in [7, 11) is 0. The van der Waals surface area contributed by atoms with Crippen molar-refractivity contribution in [2.75, 3.05) is 19.6 Å². The molecule has 2 atom stereocenters. The van der Waals surface area contributed by atoms with Crippen LogP contribution < -0.4 is 11.5 Å². The van der Waals surface area contributed by atoms with Crippen molar-refractivity contribution in [3.8, 4) is 0 Å². The summed E-state index contributed by atoms with van der Waals surface area (Å²) in [5.74, 6) is 1.24. The highest BCUT2D eigenvalue weighted by Crippen LogP contribution is 2.24. The van der Waals surface area contributed by atoms with Crippen LogP contribution in [0.5, 0.6) is 0 Å². The molecule has 2 unspecified atom stereocenters. The minimum Gasteiger partial charge on any atom is -0.368 e. The fraction of sp³-hybridized carbons (Fsp3) is 0.923. The zero-order valence-corrected chi connectivity index (χ0v) is 11.2. The van der Waals surface area contributed by atoms with Gasteiger partial charge in [0.25, 0.3) is 0 Å². The number of carbonyl (C=O) groups is 1. The molecule has 0 aromatic carbocycles. The number of rotatable bonds is 5. The molecule has 0 aromatic heterocycles. The number of likely N-dealkylation sites (tertiary alicyclic amines) is 1. The van der Waals surface area contributed by atoms with Gasteiger partial charge in [-0.05, 0) is 50.6 Å². The molecule has 1 heterocycles. The smallest absolute Gasteiger partial charge is 0.234 e. The topological polar surface area (TPSA) is 72.3 Å². The fourth-order valence-electron chi connectivity index (χ4n) is 2.54. The molecule has 0 radical (unpaired) electrons. The molecule has 0 bridgehead atoms. The SMILES string of the molecule is CC(C)C1CCCN(CCC(N)C(N)=O)CC1. The quantitative estimate of drug-likeness (QED) is 0.752. The summed E-state index contributed by atoms with van der Waals surface area (Å²) >= 11 is 0. The lowest BCUT2D eigenvalue weighted by atomic mass is 9.89. The van der Waals surface area contributed by atoms with Crippen molar-refractivity contribution < 1.29 is 4.79 Å². The first-order chi connectivity index (χ1) is 8.00. The second kappa shape index (κ2) is 6.97. The van der Waals surface area contributed by atoms with Crippen LogP contribution in [0.15, 0.2) is 0 Å². The number of carbonyl (C=O) groups excluding carboxylic acids is 1. The molecule has 0 aliphatic carbocycles. The highest BCUT2D eigenvalue weighted by Gasteiger charge is 2.20. The lowest BCUT2D eigenvalue weighted by Crippen LogP contribution is -2.39. The minimum absolute atomic E-state index is 0.389. The van der Waals surface area contributed by atoms with Gasteiger partial charge in [-0.1, -0.05) is 13.8 Å². The molecular formula is C13H27N3O. The molecule has 4 N–H and O–H groups in total. The summed E-state index contributed by atoms with van der Waals surface area (Å²) in [6.45, 7) is 7.78. The lowest BCUT2D eigenvalue weighted by Gasteiger charge is -2.22. The average Bonchev–Trinajstić information content (AvgIpc) is 2.50. The standard InChI is InChI=1S/C13H27N3O/c1-10(2)11-4-3-7-16(8-5-11)9-6-12(14)13(15)17/h10-12H,3-9,14H2,1-2H3,(H2,15,17). The molecule has 1 rings (SSSR count). The molecule has 100 valence electrons. The minimum atomic E-state index is -0.487. The maximum atomic E-state index is 10.9. The van der Waals surface area contributed by atoms with Crippen LogP contribution in [-0.4, -0.2) is 36.5 Å². The third kappa shape index (κ3) is 5.04. The zero-order valence-electron chi connectivity index (χ0n) is 11.2. The third-order valence-corrected chi connectivity index (χ3v) is 3.93. The Morgan fingerprint density at radius 2 is 2.06 bits per heavy atom. The van der Waals surface area contributed by atoms with Gasteiger partial charge in [0.2, 0.25) is 5.91 Å². The summed E-state index contributed by atoms with van der Waals surface area (Å²) in [5, 5.41) is 0. The molecule has 4 nitrogen and oxygen atoms in total. The van der Waals surface area contributed by atoms with E-state index in [0.29, 0.717) is 6.42 Å². The van der Waals surface area contributed by atoms with E-state index in [4.69, 9.17) is 11.5 Å². The normalized spacial score (nSPS) is 24.6. The summed E-state index contributed by atoms with van der Waals surface area (Å²) < 4.78 is 0. The average molecular weight is 241 g/mol. The van der Waals surface area contributed by atoms with Crippen molar-refractivity contribution in [1.82, 2.24) is 4.90 Å². The van der Waals surface area contributed by atoms with Gasteiger partial charge >= 0.3 is 0 Å². The van der Waals surface area contributed by atoms with E-state index < -0.39 is 6.04 Å². The van der Waals surface area contributed by atoms with Crippen LogP contribution in [0.2, 0.25) is 0 Å². The Bertz CT molecular complexity index is 243. The van der Waals surface area contributed by atoms with Crippen LogP contribution in [0.4, 0.5) is 0 Å². The number of primary amides is 1. The Morgan fingerprint density at radius 1 is 1.35 bits per heavy atom. The van der Waals surface area contributed by atoms with Crippen molar-refractivity contribution in [1.29, 1.82) is 0 Å². The van der Waals surface area contributed by atoms with E-state index in [9.17, 15) is 4.79 Å². The van der Waals surface area contributed by atoms with E-state index in [1.54, 1.807) is 0 Å². The van der Waals surface area contributed by atoms with E-state index in [-0.39, 0.29) is 5.91 Å². The van der Waals surface area contributed by atoms with Gasteiger partial charge < -0.3 is 16.4 Å². The predicted molar refractivity (Wildman–Crippen MR) is 70.4 cm³/mol. The Balaban J connectivity index is 2.29. The van der Waals surface area contributed by atoms with Crippen molar-refractivity contribution in [2.45, 2.75) is 45.6 Å². The van der Waals surface area contributed by atoms with Gasteiger partial charge in [0, 0.05) is 6.54 Å². The molecule has 0 saturated carbocycles. The van der Waals surface area contributed by atoms with Crippen molar-refractivity contribution in [3.63, 3.8) is 0 Å². The molecule has 17 heavy (non-hydrogen) atoms. The van der Waals surface area contributed by atoms with Gasteiger partial charge in [-0.3, -0.25) is 4.79 Å². The van der Waals surface area contributed by atoms with Gasteiger partial charge in [-0.15, -0.1) is 0 Å². The van der Waals surface area contributed by atoms with Crippen LogP contribution in [0.25, 0.3) is 0 Å². The number of nitrogens with two attached hydrogens (primary N) is 2.